The third-order valence-electron chi connectivity index (χ3n) is 3.27. The predicted molar refractivity (Wildman–Crippen MR) is 70.9 cm³/mol. The Morgan fingerprint density at radius 2 is 2.11 bits per heavy atom. The Balaban J connectivity index is 2.20. The van der Waals surface area contributed by atoms with E-state index in [0.29, 0.717) is 6.54 Å². The Labute approximate surface area is 116 Å². The van der Waals surface area contributed by atoms with Crippen molar-refractivity contribution < 1.29 is 18.3 Å². The maximum Gasteiger partial charge on any atom is 0.337 e. The molecule has 0 bridgehead atoms. The summed E-state index contributed by atoms with van der Waals surface area (Å²) in [7, 11) is -3.65. The largest absolute Gasteiger partial charge is 0.478 e. The first-order valence-electron chi connectivity index (χ1n) is 5.76. The molecule has 19 heavy (non-hydrogen) atoms. The van der Waals surface area contributed by atoms with Crippen LogP contribution in [0.15, 0.2) is 23.1 Å². The minimum atomic E-state index is -3.65. The van der Waals surface area contributed by atoms with Gasteiger partial charge in [0.2, 0.25) is 10.0 Å². The van der Waals surface area contributed by atoms with Crippen molar-refractivity contribution in [2.45, 2.75) is 24.7 Å². The van der Waals surface area contributed by atoms with E-state index >= 15 is 0 Å². The van der Waals surface area contributed by atoms with Crippen molar-refractivity contribution in [3.8, 4) is 0 Å². The summed E-state index contributed by atoms with van der Waals surface area (Å²) in [5.74, 6) is -1.19. The number of aromatic carboxylic acids is 1. The molecule has 2 N–H and O–H groups in total. The van der Waals surface area contributed by atoms with Gasteiger partial charge in [-0.25, -0.2) is 17.9 Å². The van der Waals surface area contributed by atoms with Gasteiger partial charge in [0, 0.05) is 6.54 Å². The Hall–Kier alpha value is -1.11. The van der Waals surface area contributed by atoms with Gasteiger partial charge in [-0.05, 0) is 36.5 Å². The van der Waals surface area contributed by atoms with Crippen LogP contribution in [0.2, 0.25) is 5.02 Å². The monoisotopic (exact) mass is 303 g/mol. The minimum Gasteiger partial charge on any atom is -0.478 e. The standard InChI is InChI=1S/C12H14ClNO4S/c1-12(4-5-12)7-14-19(17,18)8-2-3-9(11(15)16)10(13)6-8/h2-3,6,14H,4-5,7H2,1H3,(H,15,16). The van der Waals surface area contributed by atoms with E-state index in [1.54, 1.807) is 0 Å². The molecule has 5 nitrogen and oxygen atoms in total. The molecular weight excluding hydrogens is 290 g/mol. The molecule has 2 rings (SSSR count). The van der Waals surface area contributed by atoms with Crippen molar-refractivity contribution in [2.75, 3.05) is 6.54 Å². The van der Waals surface area contributed by atoms with Crippen LogP contribution in [0.25, 0.3) is 0 Å². The zero-order valence-electron chi connectivity index (χ0n) is 10.3. The molecule has 0 saturated heterocycles. The topological polar surface area (TPSA) is 83.5 Å². The number of hydrogen-bond donors (Lipinski definition) is 2. The van der Waals surface area contributed by atoms with Gasteiger partial charge in [-0.15, -0.1) is 0 Å². The SMILES string of the molecule is CC1(CNS(=O)(=O)c2ccc(C(=O)O)c(Cl)c2)CC1. The van der Waals surface area contributed by atoms with Crippen molar-refractivity contribution in [2.24, 2.45) is 5.41 Å². The molecule has 0 amide bonds. The molecule has 1 fully saturated rings. The van der Waals surface area contributed by atoms with Crippen LogP contribution in [-0.4, -0.2) is 26.0 Å². The van der Waals surface area contributed by atoms with Crippen molar-refractivity contribution in [3.05, 3.63) is 28.8 Å². The van der Waals surface area contributed by atoms with Crippen molar-refractivity contribution in [1.29, 1.82) is 0 Å². The molecule has 0 aliphatic heterocycles. The second-order valence-electron chi connectivity index (χ2n) is 5.08. The summed E-state index contributed by atoms with van der Waals surface area (Å²) in [5, 5.41) is 8.74. The molecule has 7 heteroatoms. The van der Waals surface area contributed by atoms with Crippen LogP contribution >= 0.6 is 11.6 Å². The number of carboxylic acid groups (broad SMARTS) is 1. The summed E-state index contributed by atoms with van der Waals surface area (Å²) in [4.78, 5) is 10.8. The van der Waals surface area contributed by atoms with Crippen molar-refractivity contribution >= 4 is 27.6 Å². The lowest BCUT2D eigenvalue weighted by Gasteiger charge is -2.11. The van der Waals surface area contributed by atoms with Crippen LogP contribution in [0, 0.1) is 5.41 Å². The van der Waals surface area contributed by atoms with E-state index in [4.69, 9.17) is 16.7 Å². The molecule has 0 unspecified atom stereocenters. The van der Waals surface area contributed by atoms with Crippen LogP contribution in [0.5, 0.6) is 0 Å². The number of carbonyl (C=O) groups is 1. The van der Waals surface area contributed by atoms with Crippen LogP contribution in [-0.2, 0) is 10.0 Å². The zero-order valence-corrected chi connectivity index (χ0v) is 11.9. The molecule has 1 aromatic rings. The number of hydrogen-bond acceptors (Lipinski definition) is 3. The lowest BCUT2D eigenvalue weighted by molar-refractivity contribution is 0.0697. The number of rotatable bonds is 5. The molecule has 0 aromatic heterocycles. The first-order valence-corrected chi connectivity index (χ1v) is 7.62. The first kappa shape index (κ1) is 14.3. The highest BCUT2D eigenvalue weighted by Crippen LogP contribution is 2.44. The predicted octanol–water partition coefficient (Wildman–Crippen LogP) is 2.12. The Kier molecular flexibility index (Phi) is 3.59. The van der Waals surface area contributed by atoms with Gasteiger partial charge < -0.3 is 5.11 Å². The highest BCUT2D eigenvalue weighted by Gasteiger charge is 2.38. The van der Waals surface area contributed by atoms with Crippen LogP contribution in [0.1, 0.15) is 30.1 Å². The Morgan fingerprint density at radius 1 is 1.47 bits per heavy atom. The van der Waals surface area contributed by atoms with E-state index < -0.39 is 16.0 Å². The van der Waals surface area contributed by atoms with E-state index in [0.717, 1.165) is 18.9 Å². The van der Waals surface area contributed by atoms with Crippen LogP contribution < -0.4 is 4.72 Å². The second kappa shape index (κ2) is 4.77. The van der Waals surface area contributed by atoms with Gasteiger partial charge in [0.1, 0.15) is 0 Å². The highest BCUT2D eigenvalue weighted by atomic mass is 35.5. The maximum atomic E-state index is 12.0. The first-order chi connectivity index (χ1) is 8.73. The normalized spacial score (nSPS) is 17.2. The quantitative estimate of drug-likeness (QED) is 0.872. The number of benzene rings is 1. The average molecular weight is 304 g/mol. The smallest absolute Gasteiger partial charge is 0.337 e. The summed E-state index contributed by atoms with van der Waals surface area (Å²) >= 11 is 5.76. The summed E-state index contributed by atoms with van der Waals surface area (Å²) < 4.78 is 26.6. The van der Waals surface area contributed by atoms with E-state index in [1.165, 1.54) is 12.1 Å². The molecule has 0 radical (unpaired) electrons. The highest BCUT2D eigenvalue weighted by molar-refractivity contribution is 7.89. The summed E-state index contributed by atoms with van der Waals surface area (Å²) in [6.45, 7) is 2.39. The number of sulfonamides is 1. The molecule has 0 atom stereocenters. The molecule has 1 aromatic carbocycles. The number of nitrogens with one attached hydrogen (secondary N) is 1. The minimum absolute atomic E-state index is 0.0215. The Morgan fingerprint density at radius 3 is 2.58 bits per heavy atom. The maximum absolute atomic E-state index is 12.0. The van der Waals surface area contributed by atoms with Gasteiger partial charge >= 0.3 is 5.97 Å². The Bertz CT molecular complexity index is 623. The third-order valence-corrected chi connectivity index (χ3v) is 4.99. The van der Waals surface area contributed by atoms with Gasteiger partial charge in [0.25, 0.3) is 0 Å². The van der Waals surface area contributed by atoms with Crippen LogP contribution in [0.4, 0.5) is 0 Å². The summed E-state index contributed by atoms with van der Waals surface area (Å²) in [5.41, 5.74) is -0.0625. The molecule has 1 saturated carbocycles. The van der Waals surface area contributed by atoms with E-state index in [-0.39, 0.29) is 20.9 Å². The van der Waals surface area contributed by atoms with E-state index in [2.05, 4.69) is 4.72 Å². The fourth-order valence-corrected chi connectivity index (χ4v) is 3.13. The third kappa shape index (κ3) is 3.26. The fourth-order valence-electron chi connectivity index (χ4n) is 1.58. The molecule has 104 valence electrons. The van der Waals surface area contributed by atoms with Gasteiger partial charge in [-0.3, -0.25) is 0 Å². The van der Waals surface area contributed by atoms with Crippen LogP contribution in [0.3, 0.4) is 0 Å². The number of carboxylic acids is 1. The lowest BCUT2D eigenvalue weighted by atomic mass is 10.2. The van der Waals surface area contributed by atoms with Gasteiger partial charge in [0.15, 0.2) is 0 Å². The van der Waals surface area contributed by atoms with Gasteiger partial charge in [0.05, 0.1) is 15.5 Å². The van der Waals surface area contributed by atoms with Crippen molar-refractivity contribution in [3.63, 3.8) is 0 Å². The molecular formula is C12H14ClNO4S. The molecule has 1 aliphatic rings. The lowest BCUT2D eigenvalue weighted by Crippen LogP contribution is -2.29. The summed E-state index contributed by atoms with van der Waals surface area (Å²) in [6, 6.07) is 3.59. The molecule has 1 aliphatic carbocycles. The fraction of sp³-hybridized carbons (Fsp3) is 0.417. The molecule has 0 spiro atoms. The second-order valence-corrected chi connectivity index (χ2v) is 7.26. The van der Waals surface area contributed by atoms with Crippen molar-refractivity contribution in [1.82, 2.24) is 4.72 Å². The zero-order chi connectivity index (χ0) is 14.3. The van der Waals surface area contributed by atoms with E-state index in [1.807, 2.05) is 6.92 Å². The molecule has 0 heterocycles. The van der Waals surface area contributed by atoms with Gasteiger partial charge in [-0.2, -0.15) is 0 Å². The summed E-state index contributed by atoms with van der Waals surface area (Å²) in [6.07, 6.45) is 2.02. The number of halogens is 1. The average Bonchev–Trinajstić information content (AvgIpc) is 3.05. The van der Waals surface area contributed by atoms with E-state index in [9.17, 15) is 13.2 Å². The van der Waals surface area contributed by atoms with Gasteiger partial charge in [-0.1, -0.05) is 18.5 Å².